The van der Waals surface area contributed by atoms with E-state index in [0.29, 0.717) is 30.4 Å². The second-order valence-electron chi connectivity index (χ2n) is 4.39. The van der Waals surface area contributed by atoms with Gasteiger partial charge in [0.1, 0.15) is 0 Å². The molecule has 1 rings (SSSR count). The lowest BCUT2D eigenvalue weighted by Crippen LogP contribution is -2.33. The Bertz CT molecular complexity index is 395. The Kier molecular flexibility index (Phi) is 4.54. The molecule has 0 saturated heterocycles. The van der Waals surface area contributed by atoms with Crippen molar-refractivity contribution < 1.29 is 4.74 Å². The van der Waals surface area contributed by atoms with E-state index in [0.717, 1.165) is 0 Å². The van der Waals surface area contributed by atoms with Crippen LogP contribution < -0.4 is 11.1 Å². The zero-order valence-corrected chi connectivity index (χ0v) is 11.4. The summed E-state index contributed by atoms with van der Waals surface area (Å²) in [5.41, 5.74) is 6.77. The fraction of sp³-hybridized carbons (Fsp3) is 0.636. The number of aromatic nitrogens is 2. The molecule has 0 saturated carbocycles. The van der Waals surface area contributed by atoms with E-state index < -0.39 is 0 Å². The first-order valence-corrected chi connectivity index (χ1v) is 5.91. The predicted octanol–water partition coefficient (Wildman–Crippen LogP) is 2.25. The third-order valence-electron chi connectivity index (χ3n) is 2.33. The Labute approximate surface area is 107 Å². The maximum Gasteiger partial charge on any atom is 0.224 e. The van der Waals surface area contributed by atoms with E-state index in [1.165, 1.54) is 0 Å². The fourth-order valence-corrected chi connectivity index (χ4v) is 1.63. The highest BCUT2D eigenvalue weighted by Gasteiger charge is 2.18. The molecule has 5 nitrogen and oxygen atoms in total. The number of aryl methyl sites for hydroxylation is 1. The first kappa shape index (κ1) is 14.0. The summed E-state index contributed by atoms with van der Waals surface area (Å²) in [6.45, 7) is 9.00. The molecule has 1 aromatic heterocycles. The van der Waals surface area contributed by atoms with Crippen molar-refractivity contribution in [3.63, 3.8) is 0 Å². The van der Waals surface area contributed by atoms with Crippen molar-refractivity contribution in [1.82, 2.24) is 9.97 Å². The van der Waals surface area contributed by atoms with Crippen molar-refractivity contribution in [3.05, 3.63) is 11.0 Å². The SMILES string of the molecule is CCOC(C)(C)CNc1nc(Cl)nc(C)c1N. The Morgan fingerprint density at radius 1 is 1.41 bits per heavy atom. The van der Waals surface area contributed by atoms with Gasteiger partial charge in [-0.05, 0) is 39.3 Å². The number of nitrogens with one attached hydrogen (secondary N) is 1. The molecule has 1 heterocycles. The molecule has 3 N–H and O–H groups in total. The highest BCUT2D eigenvalue weighted by molar-refractivity contribution is 6.28. The van der Waals surface area contributed by atoms with Crippen LogP contribution in [0.4, 0.5) is 11.5 Å². The van der Waals surface area contributed by atoms with Crippen molar-refractivity contribution in [1.29, 1.82) is 0 Å². The molecule has 0 atom stereocenters. The van der Waals surface area contributed by atoms with Crippen molar-refractivity contribution in [2.75, 3.05) is 24.2 Å². The lowest BCUT2D eigenvalue weighted by atomic mass is 10.1. The molecule has 0 spiro atoms. The van der Waals surface area contributed by atoms with Gasteiger partial charge in [0.15, 0.2) is 5.82 Å². The van der Waals surface area contributed by atoms with Crippen LogP contribution >= 0.6 is 11.6 Å². The summed E-state index contributed by atoms with van der Waals surface area (Å²) < 4.78 is 5.57. The number of rotatable bonds is 5. The van der Waals surface area contributed by atoms with Gasteiger partial charge in [-0.15, -0.1) is 0 Å². The van der Waals surface area contributed by atoms with E-state index in [2.05, 4.69) is 15.3 Å². The summed E-state index contributed by atoms with van der Waals surface area (Å²) in [7, 11) is 0. The monoisotopic (exact) mass is 258 g/mol. The molecule has 96 valence electrons. The summed E-state index contributed by atoms with van der Waals surface area (Å²) in [5, 5.41) is 3.32. The highest BCUT2D eigenvalue weighted by Crippen LogP contribution is 2.21. The Morgan fingerprint density at radius 3 is 2.65 bits per heavy atom. The molecular weight excluding hydrogens is 240 g/mol. The number of hydrogen-bond acceptors (Lipinski definition) is 5. The Hall–Kier alpha value is -1.07. The number of ether oxygens (including phenoxy) is 1. The van der Waals surface area contributed by atoms with Crippen molar-refractivity contribution in [2.24, 2.45) is 0 Å². The van der Waals surface area contributed by atoms with Crippen molar-refractivity contribution in [3.8, 4) is 0 Å². The van der Waals surface area contributed by atoms with Crippen LogP contribution in [0.2, 0.25) is 5.28 Å². The minimum Gasteiger partial charge on any atom is -0.394 e. The van der Waals surface area contributed by atoms with Crippen LogP contribution in [0.15, 0.2) is 0 Å². The fourth-order valence-electron chi connectivity index (χ4n) is 1.42. The van der Waals surface area contributed by atoms with Gasteiger partial charge in [-0.3, -0.25) is 0 Å². The third kappa shape index (κ3) is 4.02. The van der Waals surface area contributed by atoms with Crippen LogP contribution in [-0.2, 0) is 4.74 Å². The van der Waals surface area contributed by atoms with Crippen LogP contribution in [0.3, 0.4) is 0 Å². The topological polar surface area (TPSA) is 73.1 Å². The summed E-state index contributed by atoms with van der Waals surface area (Å²) >= 11 is 5.78. The van der Waals surface area contributed by atoms with Gasteiger partial charge in [-0.2, -0.15) is 4.98 Å². The number of nitrogen functional groups attached to an aromatic ring is 1. The van der Waals surface area contributed by atoms with Gasteiger partial charge >= 0.3 is 0 Å². The zero-order valence-electron chi connectivity index (χ0n) is 10.7. The van der Waals surface area contributed by atoms with Crippen LogP contribution in [0.25, 0.3) is 0 Å². The number of hydrogen-bond donors (Lipinski definition) is 2. The average Bonchev–Trinajstić information content (AvgIpc) is 2.21. The summed E-state index contributed by atoms with van der Waals surface area (Å²) in [6, 6.07) is 0. The lowest BCUT2D eigenvalue weighted by Gasteiger charge is -2.25. The molecule has 0 bridgehead atoms. The molecule has 17 heavy (non-hydrogen) atoms. The maximum absolute atomic E-state index is 5.87. The zero-order chi connectivity index (χ0) is 13.1. The van der Waals surface area contributed by atoms with E-state index in [4.69, 9.17) is 22.1 Å². The number of anilines is 2. The van der Waals surface area contributed by atoms with E-state index in [-0.39, 0.29) is 10.9 Å². The second kappa shape index (κ2) is 5.51. The van der Waals surface area contributed by atoms with E-state index in [1.807, 2.05) is 20.8 Å². The van der Waals surface area contributed by atoms with E-state index in [1.54, 1.807) is 6.92 Å². The second-order valence-corrected chi connectivity index (χ2v) is 4.72. The lowest BCUT2D eigenvalue weighted by molar-refractivity contribution is 0.000652. The quantitative estimate of drug-likeness (QED) is 0.793. The minimum absolute atomic E-state index is 0.188. The smallest absolute Gasteiger partial charge is 0.224 e. The Morgan fingerprint density at radius 2 is 2.06 bits per heavy atom. The normalized spacial score (nSPS) is 11.6. The number of nitrogens with zero attached hydrogens (tertiary/aromatic N) is 2. The van der Waals surface area contributed by atoms with Crippen LogP contribution in [0.5, 0.6) is 0 Å². The summed E-state index contributed by atoms with van der Waals surface area (Å²) in [6.07, 6.45) is 0. The maximum atomic E-state index is 5.87. The third-order valence-corrected chi connectivity index (χ3v) is 2.49. The average molecular weight is 259 g/mol. The standard InChI is InChI=1S/C11H19ClN4O/c1-5-17-11(3,4)6-14-9-8(13)7(2)15-10(12)16-9/h5-6,13H2,1-4H3,(H,14,15,16). The minimum atomic E-state index is -0.285. The van der Waals surface area contributed by atoms with Gasteiger partial charge in [0.25, 0.3) is 0 Å². The van der Waals surface area contributed by atoms with Crippen molar-refractivity contribution in [2.45, 2.75) is 33.3 Å². The van der Waals surface area contributed by atoms with Gasteiger partial charge in [-0.1, -0.05) is 0 Å². The summed E-state index contributed by atoms with van der Waals surface area (Å²) in [4.78, 5) is 8.03. The van der Waals surface area contributed by atoms with E-state index >= 15 is 0 Å². The molecular formula is C11H19ClN4O. The van der Waals surface area contributed by atoms with Crippen LogP contribution in [0, 0.1) is 6.92 Å². The molecule has 0 radical (unpaired) electrons. The van der Waals surface area contributed by atoms with Gasteiger partial charge in [0, 0.05) is 13.2 Å². The molecule has 0 aliphatic heterocycles. The number of nitrogens with two attached hydrogens (primary N) is 1. The van der Waals surface area contributed by atoms with Gasteiger partial charge < -0.3 is 15.8 Å². The molecule has 0 amide bonds. The van der Waals surface area contributed by atoms with Gasteiger partial charge in [0.05, 0.1) is 17.0 Å². The summed E-state index contributed by atoms with van der Waals surface area (Å²) in [5.74, 6) is 0.551. The molecule has 6 heteroatoms. The predicted molar refractivity (Wildman–Crippen MR) is 70.4 cm³/mol. The van der Waals surface area contributed by atoms with Gasteiger partial charge in [0.2, 0.25) is 5.28 Å². The number of halogens is 1. The van der Waals surface area contributed by atoms with Crippen LogP contribution in [-0.4, -0.2) is 28.7 Å². The highest BCUT2D eigenvalue weighted by atomic mass is 35.5. The molecule has 0 aliphatic rings. The molecule has 0 unspecified atom stereocenters. The first-order valence-electron chi connectivity index (χ1n) is 5.53. The molecule has 1 aromatic rings. The molecule has 0 aliphatic carbocycles. The van der Waals surface area contributed by atoms with Gasteiger partial charge in [-0.25, -0.2) is 4.98 Å². The first-order chi connectivity index (χ1) is 7.85. The molecule has 0 aromatic carbocycles. The van der Waals surface area contributed by atoms with Crippen molar-refractivity contribution >= 4 is 23.1 Å². The van der Waals surface area contributed by atoms with E-state index in [9.17, 15) is 0 Å². The molecule has 0 fully saturated rings. The largest absolute Gasteiger partial charge is 0.394 e. The Balaban J connectivity index is 2.76. The van der Waals surface area contributed by atoms with Crippen LogP contribution in [0.1, 0.15) is 26.5 Å².